The second kappa shape index (κ2) is 6.55. The fraction of sp³-hybridized carbons (Fsp3) is 0.579. The van der Waals surface area contributed by atoms with Crippen LogP contribution in [-0.4, -0.2) is 49.1 Å². The molecule has 0 aromatic heterocycles. The number of carbonyl (C=O) groups excluding carboxylic acids is 2. The molecule has 0 radical (unpaired) electrons. The van der Waals surface area contributed by atoms with Gasteiger partial charge in [-0.15, -0.1) is 0 Å². The van der Waals surface area contributed by atoms with Crippen LogP contribution >= 0.6 is 0 Å². The summed E-state index contributed by atoms with van der Waals surface area (Å²) in [6, 6.07) is 9.79. The Kier molecular flexibility index (Phi) is 4.27. The molecule has 3 fully saturated rings. The quantitative estimate of drug-likeness (QED) is 0.884. The molecular formula is C19H24N2O3. The molecule has 2 aliphatic heterocycles. The molecule has 2 amide bonds. The molecular weight excluding hydrogens is 304 g/mol. The van der Waals surface area contributed by atoms with Gasteiger partial charge in [0.2, 0.25) is 11.8 Å². The lowest BCUT2D eigenvalue weighted by Gasteiger charge is -2.19. The van der Waals surface area contributed by atoms with E-state index in [0.29, 0.717) is 32.0 Å². The minimum Gasteiger partial charge on any atom is -0.375 e. The Bertz CT molecular complexity index is 614. The molecule has 1 saturated carbocycles. The van der Waals surface area contributed by atoms with Gasteiger partial charge in [-0.3, -0.25) is 9.59 Å². The molecule has 1 aromatic carbocycles. The smallest absolute Gasteiger partial charge is 0.227 e. The Labute approximate surface area is 142 Å². The molecule has 128 valence electrons. The molecule has 0 bridgehead atoms. The van der Waals surface area contributed by atoms with Crippen LogP contribution in [0.4, 0.5) is 0 Å². The average molecular weight is 328 g/mol. The van der Waals surface area contributed by atoms with Gasteiger partial charge in [-0.2, -0.15) is 0 Å². The van der Waals surface area contributed by atoms with Crippen LogP contribution in [0.2, 0.25) is 0 Å². The van der Waals surface area contributed by atoms with E-state index < -0.39 is 0 Å². The van der Waals surface area contributed by atoms with Crippen LogP contribution in [-0.2, 0) is 20.7 Å². The first-order valence-corrected chi connectivity index (χ1v) is 8.91. The maximum atomic E-state index is 12.5. The molecule has 4 rings (SSSR count). The van der Waals surface area contributed by atoms with Gasteiger partial charge in [0.05, 0.1) is 25.0 Å². The Morgan fingerprint density at radius 2 is 1.96 bits per heavy atom. The lowest BCUT2D eigenvalue weighted by molar-refractivity contribution is -0.131. The van der Waals surface area contributed by atoms with Crippen molar-refractivity contribution in [3.8, 4) is 0 Å². The van der Waals surface area contributed by atoms with Crippen LogP contribution < -0.4 is 5.32 Å². The molecule has 3 aliphatic rings. The number of ether oxygens (including phenoxy) is 1. The van der Waals surface area contributed by atoms with E-state index >= 15 is 0 Å². The number of hydrogen-bond donors (Lipinski definition) is 1. The minimum atomic E-state index is -0.108. The molecule has 24 heavy (non-hydrogen) atoms. The lowest BCUT2D eigenvalue weighted by Crippen LogP contribution is -2.38. The van der Waals surface area contributed by atoms with Crippen LogP contribution in [0.15, 0.2) is 30.3 Å². The highest BCUT2D eigenvalue weighted by Gasteiger charge is 2.47. The number of likely N-dealkylation sites (tertiary alicyclic amines) is 1. The van der Waals surface area contributed by atoms with Gasteiger partial charge in [-0.25, -0.2) is 0 Å². The number of amides is 2. The third-order valence-electron chi connectivity index (χ3n) is 5.47. The standard InChI is InChI=1S/C19H24N2O3/c22-18(8-13-4-2-1-3-5-13)21-10-15-16(12-24-17(15)11-21)19(23)20-9-14-6-7-14/h1-5,14-17H,6-12H2,(H,20,23)/t15-,16-,17+/m1/s1. The number of nitrogens with one attached hydrogen (secondary N) is 1. The highest BCUT2D eigenvalue weighted by molar-refractivity contribution is 5.81. The summed E-state index contributed by atoms with van der Waals surface area (Å²) in [6.45, 7) is 2.54. The van der Waals surface area contributed by atoms with E-state index in [1.54, 1.807) is 0 Å². The summed E-state index contributed by atoms with van der Waals surface area (Å²) < 4.78 is 5.81. The Balaban J connectivity index is 1.33. The van der Waals surface area contributed by atoms with Crippen molar-refractivity contribution in [1.82, 2.24) is 10.2 Å². The fourth-order valence-electron chi connectivity index (χ4n) is 3.77. The summed E-state index contributed by atoms with van der Waals surface area (Å²) in [5, 5.41) is 3.06. The maximum absolute atomic E-state index is 12.5. The molecule has 1 aromatic rings. The Hall–Kier alpha value is -1.88. The molecule has 3 atom stereocenters. The first-order chi connectivity index (χ1) is 11.7. The van der Waals surface area contributed by atoms with E-state index in [-0.39, 0.29) is 29.8 Å². The largest absolute Gasteiger partial charge is 0.375 e. The van der Waals surface area contributed by atoms with E-state index in [2.05, 4.69) is 5.32 Å². The van der Waals surface area contributed by atoms with E-state index in [4.69, 9.17) is 4.74 Å². The van der Waals surface area contributed by atoms with Crippen LogP contribution in [0, 0.1) is 17.8 Å². The summed E-state index contributed by atoms with van der Waals surface area (Å²) in [5.74, 6) is 0.940. The SMILES string of the molecule is O=C(NCC1CC1)[C@@H]1CO[C@H]2CN(C(=O)Cc3ccccc3)C[C@@H]21. The monoisotopic (exact) mass is 328 g/mol. The van der Waals surface area contributed by atoms with E-state index in [1.807, 2.05) is 35.2 Å². The molecule has 0 spiro atoms. The van der Waals surface area contributed by atoms with Crippen molar-refractivity contribution in [2.45, 2.75) is 25.4 Å². The van der Waals surface area contributed by atoms with Crippen molar-refractivity contribution in [3.05, 3.63) is 35.9 Å². The number of hydrogen-bond acceptors (Lipinski definition) is 3. The van der Waals surface area contributed by atoms with Crippen molar-refractivity contribution in [1.29, 1.82) is 0 Å². The summed E-state index contributed by atoms with van der Waals surface area (Å²) in [4.78, 5) is 26.8. The predicted molar refractivity (Wildman–Crippen MR) is 89.2 cm³/mol. The van der Waals surface area contributed by atoms with Crippen molar-refractivity contribution in [3.63, 3.8) is 0 Å². The van der Waals surface area contributed by atoms with Gasteiger partial charge in [-0.05, 0) is 24.3 Å². The van der Waals surface area contributed by atoms with Crippen LogP contribution in [0.3, 0.4) is 0 Å². The molecule has 0 unspecified atom stereocenters. The van der Waals surface area contributed by atoms with Crippen LogP contribution in [0.5, 0.6) is 0 Å². The zero-order valence-corrected chi connectivity index (χ0v) is 13.8. The second-order valence-electron chi connectivity index (χ2n) is 7.29. The molecule has 1 N–H and O–H groups in total. The van der Waals surface area contributed by atoms with Gasteiger partial charge in [0.1, 0.15) is 0 Å². The third-order valence-corrected chi connectivity index (χ3v) is 5.47. The van der Waals surface area contributed by atoms with Crippen LogP contribution in [0.25, 0.3) is 0 Å². The first-order valence-electron chi connectivity index (χ1n) is 8.91. The Morgan fingerprint density at radius 1 is 1.17 bits per heavy atom. The maximum Gasteiger partial charge on any atom is 0.227 e. The second-order valence-corrected chi connectivity index (χ2v) is 7.29. The van der Waals surface area contributed by atoms with Gasteiger partial charge < -0.3 is 15.0 Å². The zero-order chi connectivity index (χ0) is 16.5. The molecule has 1 aliphatic carbocycles. The normalized spacial score (nSPS) is 28.7. The zero-order valence-electron chi connectivity index (χ0n) is 13.8. The summed E-state index contributed by atoms with van der Waals surface area (Å²) >= 11 is 0. The molecule has 2 heterocycles. The Morgan fingerprint density at radius 3 is 2.71 bits per heavy atom. The number of carbonyl (C=O) groups is 2. The van der Waals surface area contributed by atoms with E-state index in [9.17, 15) is 9.59 Å². The lowest BCUT2D eigenvalue weighted by atomic mass is 9.92. The van der Waals surface area contributed by atoms with Crippen molar-refractivity contribution >= 4 is 11.8 Å². The number of rotatable bonds is 5. The predicted octanol–water partition coefficient (Wildman–Crippen LogP) is 1.23. The first kappa shape index (κ1) is 15.6. The number of fused-ring (bicyclic) bond motifs is 1. The van der Waals surface area contributed by atoms with E-state index in [1.165, 1.54) is 12.8 Å². The van der Waals surface area contributed by atoms with Crippen LogP contribution in [0.1, 0.15) is 18.4 Å². The van der Waals surface area contributed by atoms with Gasteiger partial charge >= 0.3 is 0 Å². The van der Waals surface area contributed by atoms with Crippen molar-refractivity contribution in [2.75, 3.05) is 26.2 Å². The fourth-order valence-corrected chi connectivity index (χ4v) is 3.77. The summed E-state index contributed by atoms with van der Waals surface area (Å²) in [5.41, 5.74) is 1.03. The topological polar surface area (TPSA) is 58.6 Å². The highest BCUT2D eigenvalue weighted by atomic mass is 16.5. The van der Waals surface area contributed by atoms with Gasteiger partial charge in [-0.1, -0.05) is 30.3 Å². The van der Waals surface area contributed by atoms with Crippen molar-refractivity contribution < 1.29 is 14.3 Å². The number of nitrogens with zero attached hydrogens (tertiary/aromatic N) is 1. The van der Waals surface area contributed by atoms with Gasteiger partial charge in [0.25, 0.3) is 0 Å². The van der Waals surface area contributed by atoms with Gasteiger partial charge in [0.15, 0.2) is 0 Å². The average Bonchev–Trinajstić information content (AvgIpc) is 3.18. The molecule has 2 saturated heterocycles. The third kappa shape index (κ3) is 3.31. The molecule has 5 nitrogen and oxygen atoms in total. The minimum absolute atomic E-state index is 0.0152. The highest BCUT2D eigenvalue weighted by Crippen LogP contribution is 2.34. The van der Waals surface area contributed by atoms with Crippen molar-refractivity contribution in [2.24, 2.45) is 17.8 Å². The van der Waals surface area contributed by atoms with E-state index in [0.717, 1.165) is 12.1 Å². The molecule has 5 heteroatoms. The summed E-state index contributed by atoms with van der Waals surface area (Å²) in [7, 11) is 0. The number of benzene rings is 1. The van der Waals surface area contributed by atoms with Gasteiger partial charge in [0, 0.05) is 25.6 Å². The summed E-state index contributed by atoms with van der Waals surface area (Å²) in [6.07, 6.45) is 2.89.